The molecule has 0 aliphatic rings. The predicted octanol–water partition coefficient (Wildman–Crippen LogP) is 12.5. The molecule has 0 fully saturated rings. The van der Waals surface area contributed by atoms with Crippen LogP contribution in [0.3, 0.4) is 0 Å². The third-order valence-electron chi connectivity index (χ3n) is 7.67. The van der Waals surface area contributed by atoms with E-state index in [2.05, 4.69) is 50.3 Å². The van der Waals surface area contributed by atoms with Crippen molar-refractivity contribution < 1.29 is 9.90 Å². The molecule has 0 rings (SSSR count). The van der Waals surface area contributed by atoms with E-state index in [-0.39, 0.29) is 5.92 Å². The molecule has 0 aromatic heterocycles. The summed E-state index contributed by atoms with van der Waals surface area (Å²) in [5.74, 6) is -0.709. The smallest absolute Gasteiger partial charge is 0.306 e. The lowest BCUT2D eigenvalue weighted by Gasteiger charge is -2.12. The monoisotopic (exact) mass is 531 g/mol. The van der Waals surface area contributed by atoms with E-state index in [9.17, 15) is 9.90 Å². The molecule has 2 nitrogen and oxygen atoms in total. The van der Waals surface area contributed by atoms with E-state index >= 15 is 0 Å². The number of aliphatic carboxylic acids is 1. The number of carbonyl (C=O) groups is 1. The van der Waals surface area contributed by atoms with Crippen LogP contribution < -0.4 is 0 Å². The highest BCUT2D eigenvalue weighted by Gasteiger charge is 2.16. The zero-order valence-electron chi connectivity index (χ0n) is 25.8. The molecule has 222 valence electrons. The van der Waals surface area contributed by atoms with Gasteiger partial charge >= 0.3 is 5.97 Å². The maximum Gasteiger partial charge on any atom is 0.306 e. The Kier molecular flexibility index (Phi) is 30.8. The predicted molar refractivity (Wildman–Crippen MR) is 170 cm³/mol. The zero-order valence-corrected chi connectivity index (χ0v) is 25.8. The van der Waals surface area contributed by atoms with Gasteiger partial charge in [-0.15, -0.1) is 0 Å². The van der Waals surface area contributed by atoms with E-state index in [1.54, 1.807) is 0 Å². The van der Waals surface area contributed by atoms with Crippen molar-refractivity contribution >= 4 is 5.97 Å². The average Bonchev–Trinajstić information content (AvgIpc) is 2.91. The van der Waals surface area contributed by atoms with E-state index in [0.29, 0.717) is 0 Å². The van der Waals surface area contributed by atoms with Crippen molar-refractivity contribution in [1.82, 2.24) is 0 Å². The minimum absolute atomic E-state index is 0.129. The summed E-state index contributed by atoms with van der Waals surface area (Å²) in [5.41, 5.74) is 0. The Morgan fingerprint density at radius 1 is 0.474 bits per heavy atom. The van der Waals surface area contributed by atoms with Gasteiger partial charge in [0, 0.05) is 0 Å². The fourth-order valence-electron chi connectivity index (χ4n) is 5.05. The third-order valence-corrected chi connectivity index (χ3v) is 7.67. The lowest BCUT2D eigenvalue weighted by atomic mass is 9.94. The number of rotatable bonds is 30. The highest BCUT2D eigenvalue weighted by molar-refractivity contribution is 5.69. The quantitative estimate of drug-likeness (QED) is 0.0740. The fraction of sp³-hybridized carbons (Fsp3) is 0.806. The summed E-state index contributed by atoms with van der Waals surface area (Å²) in [6, 6.07) is 0. The van der Waals surface area contributed by atoms with Crippen molar-refractivity contribution in [2.24, 2.45) is 5.92 Å². The number of carboxylic acid groups (broad SMARTS) is 1. The van der Waals surface area contributed by atoms with Gasteiger partial charge in [0.15, 0.2) is 0 Å². The Bertz CT molecular complexity index is 560. The molecular weight excluding hydrogens is 464 g/mol. The lowest BCUT2D eigenvalue weighted by molar-refractivity contribution is -0.142. The second-order valence-electron chi connectivity index (χ2n) is 11.4. The van der Waals surface area contributed by atoms with Crippen molar-refractivity contribution in [3.05, 3.63) is 36.5 Å². The molecule has 1 atom stereocenters. The van der Waals surface area contributed by atoms with Gasteiger partial charge in [-0.2, -0.15) is 0 Å². The Morgan fingerprint density at radius 2 is 0.789 bits per heavy atom. The zero-order chi connectivity index (χ0) is 27.8. The molecule has 0 spiro atoms. The second kappa shape index (κ2) is 31.9. The van der Waals surface area contributed by atoms with Crippen LogP contribution in [0.4, 0.5) is 0 Å². The highest BCUT2D eigenvalue weighted by Crippen LogP contribution is 2.19. The number of unbranched alkanes of at least 4 members (excludes halogenated alkanes) is 19. The number of hydrogen-bond acceptors (Lipinski definition) is 1. The Balaban J connectivity index is 3.52. The number of hydrogen-bond donors (Lipinski definition) is 1. The van der Waals surface area contributed by atoms with Gasteiger partial charge in [0.1, 0.15) is 0 Å². The molecule has 38 heavy (non-hydrogen) atoms. The molecule has 0 aromatic carbocycles. The van der Waals surface area contributed by atoms with Crippen LogP contribution >= 0.6 is 0 Å². The van der Waals surface area contributed by atoms with Gasteiger partial charge in [-0.3, -0.25) is 4.79 Å². The molecule has 0 saturated heterocycles. The van der Waals surface area contributed by atoms with Crippen LogP contribution in [0.25, 0.3) is 0 Å². The molecule has 1 N–H and O–H groups in total. The van der Waals surface area contributed by atoms with Crippen LogP contribution in [0.1, 0.15) is 181 Å². The number of allylic oxidation sites excluding steroid dienone is 6. The van der Waals surface area contributed by atoms with E-state index in [4.69, 9.17) is 0 Å². The summed E-state index contributed by atoms with van der Waals surface area (Å²) < 4.78 is 0. The van der Waals surface area contributed by atoms with Gasteiger partial charge in [0.05, 0.1) is 5.92 Å². The maximum absolute atomic E-state index is 11.6. The van der Waals surface area contributed by atoms with Crippen molar-refractivity contribution in [1.29, 1.82) is 0 Å². The van der Waals surface area contributed by atoms with Crippen LogP contribution in [0.15, 0.2) is 36.5 Å². The van der Waals surface area contributed by atoms with Crippen molar-refractivity contribution in [3.8, 4) is 0 Å². The van der Waals surface area contributed by atoms with Crippen molar-refractivity contribution in [3.63, 3.8) is 0 Å². The van der Waals surface area contributed by atoms with E-state index in [1.165, 1.54) is 128 Å². The summed E-state index contributed by atoms with van der Waals surface area (Å²) >= 11 is 0. The summed E-state index contributed by atoms with van der Waals surface area (Å²) in [7, 11) is 0. The number of carboxylic acids is 1. The minimum atomic E-state index is -0.580. The van der Waals surface area contributed by atoms with Crippen LogP contribution in [0, 0.1) is 5.92 Å². The molecule has 0 bridgehead atoms. The van der Waals surface area contributed by atoms with Crippen LogP contribution in [-0.4, -0.2) is 11.1 Å². The van der Waals surface area contributed by atoms with Gasteiger partial charge in [-0.05, 0) is 70.6 Å². The van der Waals surface area contributed by atoms with Crippen LogP contribution in [-0.2, 0) is 4.79 Å². The first-order chi connectivity index (χ1) is 18.7. The summed E-state index contributed by atoms with van der Waals surface area (Å²) in [4.78, 5) is 11.6. The highest BCUT2D eigenvalue weighted by atomic mass is 16.4. The SMILES string of the molecule is CCCCCC=CCC=CCCCCCCC(CCCCCCCCC=CCCCCCCCC)C(=O)O. The average molecular weight is 531 g/mol. The largest absolute Gasteiger partial charge is 0.481 e. The Labute approximate surface area is 238 Å². The fourth-order valence-corrected chi connectivity index (χ4v) is 5.05. The second-order valence-corrected chi connectivity index (χ2v) is 11.4. The molecule has 0 aromatic rings. The molecule has 0 aliphatic heterocycles. The molecule has 0 heterocycles. The Morgan fingerprint density at radius 3 is 1.21 bits per heavy atom. The minimum Gasteiger partial charge on any atom is -0.481 e. The van der Waals surface area contributed by atoms with Crippen LogP contribution in [0.5, 0.6) is 0 Å². The molecule has 1 unspecified atom stereocenters. The molecule has 2 heteroatoms. The first kappa shape index (κ1) is 36.7. The lowest BCUT2D eigenvalue weighted by Crippen LogP contribution is -2.13. The summed E-state index contributed by atoms with van der Waals surface area (Å²) in [6.45, 7) is 4.52. The molecule has 0 aliphatic carbocycles. The Hall–Kier alpha value is -1.31. The summed E-state index contributed by atoms with van der Waals surface area (Å²) in [6.07, 6.45) is 46.0. The third kappa shape index (κ3) is 29.2. The van der Waals surface area contributed by atoms with Gasteiger partial charge in [0.25, 0.3) is 0 Å². The van der Waals surface area contributed by atoms with E-state index < -0.39 is 5.97 Å². The van der Waals surface area contributed by atoms with Gasteiger partial charge in [-0.25, -0.2) is 0 Å². The maximum atomic E-state index is 11.6. The van der Waals surface area contributed by atoms with Gasteiger partial charge in [0.2, 0.25) is 0 Å². The van der Waals surface area contributed by atoms with Gasteiger partial charge < -0.3 is 5.11 Å². The normalized spacial score (nSPS) is 12.9. The topological polar surface area (TPSA) is 37.3 Å². The van der Waals surface area contributed by atoms with E-state index in [1.807, 2.05) is 0 Å². The molecular formula is C36H66O2. The van der Waals surface area contributed by atoms with Crippen LogP contribution in [0.2, 0.25) is 0 Å². The summed E-state index contributed by atoms with van der Waals surface area (Å²) in [5, 5.41) is 9.58. The first-order valence-electron chi connectivity index (χ1n) is 16.9. The molecule has 0 amide bonds. The first-order valence-corrected chi connectivity index (χ1v) is 16.9. The standard InChI is InChI=1S/C36H66O2/c1-3-5-7-9-11-13-15-17-19-20-22-24-26-28-30-32-34-35(36(37)38)33-31-29-27-25-23-21-18-16-14-12-10-8-6-4-2/h12,14,17-19,21,35H,3-11,13,15-16,20,22-34H2,1-2H3,(H,37,38). The van der Waals surface area contributed by atoms with E-state index in [0.717, 1.165) is 38.5 Å². The van der Waals surface area contributed by atoms with Crippen molar-refractivity contribution in [2.45, 2.75) is 181 Å². The van der Waals surface area contributed by atoms with Gasteiger partial charge in [-0.1, -0.05) is 147 Å². The molecule has 0 saturated carbocycles. The molecule has 0 radical (unpaired) electrons. The van der Waals surface area contributed by atoms with Crippen molar-refractivity contribution in [2.75, 3.05) is 0 Å².